The van der Waals surface area contributed by atoms with Crippen LogP contribution >= 0.6 is 0 Å². The fraction of sp³-hybridized carbons (Fsp3) is 0.625. The SMILES string of the molecule is CC(NC1CCCC(C)(C)C1)c1cc(O)cc(O)c1. The minimum absolute atomic E-state index is 0.118. The average Bonchev–Trinajstić information content (AvgIpc) is 2.26. The van der Waals surface area contributed by atoms with Crippen molar-refractivity contribution >= 4 is 0 Å². The van der Waals surface area contributed by atoms with Crippen LogP contribution in [-0.2, 0) is 0 Å². The van der Waals surface area contributed by atoms with Crippen LogP contribution < -0.4 is 5.32 Å². The van der Waals surface area contributed by atoms with E-state index in [-0.39, 0.29) is 17.5 Å². The Kier molecular flexibility index (Phi) is 4.04. The predicted octanol–water partition coefficient (Wildman–Crippen LogP) is 3.72. The second kappa shape index (κ2) is 5.41. The Morgan fingerprint density at radius 2 is 1.84 bits per heavy atom. The van der Waals surface area contributed by atoms with Gasteiger partial charge >= 0.3 is 0 Å². The van der Waals surface area contributed by atoms with Gasteiger partial charge in [0.15, 0.2) is 0 Å². The van der Waals surface area contributed by atoms with Crippen LogP contribution in [-0.4, -0.2) is 16.3 Å². The molecule has 1 aromatic rings. The van der Waals surface area contributed by atoms with Gasteiger partial charge in [-0.05, 0) is 49.3 Å². The van der Waals surface area contributed by atoms with E-state index in [9.17, 15) is 10.2 Å². The molecule has 1 aliphatic carbocycles. The van der Waals surface area contributed by atoms with Gasteiger partial charge in [-0.15, -0.1) is 0 Å². The van der Waals surface area contributed by atoms with Gasteiger partial charge in [0.2, 0.25) is 0 Å². The zero-order chi connectivity index (χ0) is 14.0. The molecule has 1 fully saturated rings. The number of phenolic OH excluding ortho intramolecular Hbond substituents is 2. The highest BCUT2D eigenvalue weighted by atomic mass is 16.3. The molecule has 2 atom stereocenters. The molecule has 0 spiro atoms. The highest BCUT2D eigenvalue weighted by Crippen LogP contribution is 2.36. The van der Waals surface area contributed by atoms with Crippen molar-refractivity contribution in [1.82, 2.24) is 5.32 Å². The van der Waals surface area contributed by atoms with Gasteiger partial charge in [0, 0.05) is 18.2 Å². The van der Waals surface area contributed by atoms with Crippen molar-refractivity contribution in [2.45, 2.75) is 58.5 Å². The van der Waals surface area contributed by atoms with Crippen LogP contribution in [0.25, 0.3) is 0 Å². The van der Waals surface area contributed by atoms with Crippen LogP contribution in [0.4, 0.5) is 0 Å². The van der Waals surface area contributed by atoms with Crippen molar-refractivity contribution in [2.24, 2.45) is 5.41 Å². The topological polar surface area (TPSA) is 52.5 Å². The van der Waals surface area contributed by atoms with E-state index < -0.39 is 0 Å². The first-order valence-electron chi connectivity index (χ1n) is 7.15. The van der Waals surface area contributed by atoms with Crippen molar-refractivity contribution in [2.75, 3.05) is 0 Å². The monoisotopic (exact) mass is 263 g/mol. The lowest BCUT2D eigenvalue weighted by molar-refractivity contribution is 0.191. The van der Waals surface area contributed by atoms with Gasteiger partial charge < -0.3 is 15.5 Å². The lowest BCUT2D eigenvalue weighted by Crippen LogP contribution is -2.38. The minimum Gasteiger partial charge on any atom is -0.508 e. The maximum Gasteiger partial charge on any atom is 0.119 e. The van der Waals surface area contributed by atoms with Crippen molar-refractivity contribution in [1.29, 1.82) is 0 Å². The molecule has 2 unspecified atom stereocenters. The van der Waals surface area contributed by atoms with E-state index in [1.165, 1.54) is 31.7 Å². The van der Waals surface area contributed by atoms with Gasteiger partial charge in [0.25, 0.3) is 0 Å². The van der Waals surface area contributed by atoms with Crippen LogP contribution in [0.1, 0.15) is 58.1 Å². The predicted molar refractivity (Wildman–Crippen MR) is 77.4 cm³/mol. The Balaban J connectivity index is 2.02. The average molecular weight is 263 g/mol. The van der Waals surface area contributed by atoms with E-state index in [0.717, 1.165) is 5.56 Å². The molecule has 106 valence electrons. The number of rotatable bonds is 3. The van der Waals surface area contributed by atoms with Crippen molar-refractivity contribution in [3.05, 3.63) is 23.8 Å². The number of benzene rings is 1. The molecule has 1 aromatic carbocycles. The lowest BCUT2D eigenvalue weighted by atomic mass is 9.75. The number of phenols is 2. The molecule has 0 saturated heterocycles. The lowest BCUT2D eigenvalue weighted by Gasteiger charge is -2.37. The van der Waals surface area contributed by atoms with Gasteiger partial charge in [-0.2, -0.15) is 0 Å². The molecule has 0 bridgehead atoms. The molecule has 1 saturated carbocycles. The molecule has 0 radical (unpaired) electrons. The summed E-state index contributed by atoms with van der Waals surface area (Å²) in [7, 11) is 0. The van der Waals surface area contributed by atoms with E-state index in [2.05, 4.69) is 26.1 Å². The fourth-order valence-corrected chi connectivity index (χ4v) is 3.16. The molecular formula is C16H25NO2. The highest BCUT2D eigenvalue weighted by molar-refractivity contribution is 5.37. The Hall–Kier alpha value is -1.22. The molecule has 1 aliphatic rings. The number of hydrogen-bond donors (Lipinski definition) is 3. The van der Waals surface area contributed by atoms with Crippen molar-refractivity contribution in [3.63, 3.8) is 0 Å². The summed E-state index contributed by atoms with van der Waals surface area (Å²) in [6.45, 7) is 6.73. The summed E-state index contributed by atoms with van der Waals surface area (Å²) in [5, 5.41) is 22.7. The van der Waals surface area contributed by atoms with Gasteiger partial charge in [0.05, 0.1) is 0 Å². The Morgan fingerprint density at radius 3 is 2.42 bits per heavy atom. The van der Waals surface area contributed by atoms with Crippen LogP contribution in [0.5, 0.6) is 11.5 Å². The van der Waals surface area contributed by atoms with Gasteiger partial charge in [-0.1, -0.05) is 20.3 Å². The fourth-order valence-electron chi connectivity index (χ4n) is 3.16. The summed E-state index contributed by atoms with van der Waals surface area (Å²) in [6, 6.07) is 5.44. The molecule has 3 nitrogen and oxygen atoms in total. The number of nitrogens with one attached hydrogen (secondary N) is 1. The quantitative estimate of drug-likeness (QED) is 0.779. The van der Waals surface area contributed by atoms with Crippen LogP contribution in [0.2, 0.25) is 0 Å². The van der Waals surface area contributed by atoms with E-state index in [1.54, 1.807) is 12.1 Å². The summed E-state index contributed by atoms with van der Waals surface area (Å²) in [5.41, 5.74) is 1.34. The zero-order valence-corrected chi connectivity index (χ0v) is 12.1. The molecule has 19 heavy (non-hydrogen) atoms. The Bertz CT molecular complexity index is 422. The third-order valence-electron chi connectivity index (χ3n) is 4.12. The van der Waals surface area contributed by atoms with Crippen molar-refractivity contribution in [3.8, 4) is 11.5 Å². The maximum absolute atomic E-state index is 9.54. The molecule has 0 aromatic heterocycles. The van der Waals surface area contributed by atoms with E-state index in [4.69, 9.17) is 0 Å². The van der Waals surface area contributed by atoms with Crippen LogP contribution in [0.15, 0.2) is 18.2 Å². The van der Waals surface area contributed by atoms with Crippen LogP contribution in [0, 0.1) is 5.41 Å². The van der Waals surface area contributed by atoms with Gasteiger partial charge in [-0.25, -0.2) is 0 Å². The largest absolute Gasteiger partial charge is 0.508 e. The van der Waals surface area contributed by atoms with Crippen LogP contribution in [0.3, 0.4) is 0 Å². The third kappa shape index (κ3) is 3.87. The summed E-state index contributed by atoms with van der Waals surface area (Å²) >= 11 is 0. The molecule has 3 heteroatoms. The first kappa shape index (κ1) is 14.2. The third-order valence-corrected chi connectivity index (χ3v) is 4.12. The second-order valence-electron chi connectivity index (χ2n) is 6.63. The first-order chi connectivity index (χ1) is 8.85. The van der Waals surface area contributed by atoms with E-state index >= 15 is 0 Å². The molecule has 3 N–H and O–H groups in total. The summed E-state index contributed by atoms with van der Waals surface area (Å²) in [5.74, 6) is 0.236. The highest BCUT2D eigenvalue weighted by Gasteiger charge is 2.28. The van der Waals surface area contributed by atoms with E-state index in [0.29, 0.717) is 11.5 Å². The van der Waals surface area contributed by atoms with Gasteiger partial charge in [-0.3, -0.25) is 0 Å². The Labute approximate surface area is 115 Å². The van der Waals surface area contributed by atoms with E-state index in [1.807, 2.05) is 0 Å². The maximum atomic E-state index is 9.54. The summed E-state index contributed by atoms with van der Waals surface area (Å²) in [4.78, 5) is 0. The first-order valence-corrected chi connectivity index (χ1v) is 7.15. The normalized spacial score (nSPS) is 24.1. The standard InChI is InChI=1S/C16H25NO2/c1-11(12-7-14(18)9-15(19)8-12)17-13-5-4-6-16(2,3)10-13/h7-9,11,13,17-19H,4-6,10H2,1-3H3. The minimum atomic E-state index is 0.118. The summed E-state index contributed by atoms with van der Waals surface area (Å²) in [6.07, 6.45) is 4.95. The molecule has 2 rings (SSSR count). The molecule has 0 amide bonds. The molecular weight excluding hydrogens is 238 g/mol. The zero-order valence-electron chi connectivity index (χ0n) is 12.1. The van der Waals surface area contributed by atoms with Crippen molar-refractivity contribution < 1.29 is 10.2 Å². The smallest absolute Gasteiger partial charge is 0.119 e. The molecule has 0 aliphatic heterocycles. The Morgan fingerprint density at radius 1 is 1.21 bits per heavy atom. The van der Waals surface area contributed by atoms with Gasteiger partial charge in [0.1, 0.15) is 11.5 Å². The number of hydrogen-bond acceptors (Lipinski definition) is 3. The second-order valence-corrected chi connectivity index (χ2v) is 6.63. The summed E-state index contributed by atoms with van der Waals surface area (Å²) < 4.78 is 0. The molecule has 0 heterocycles. The number of aromatic hydroxyl groups is 2.